The molecule has 0 spiro atoms. The summed E-state index contributed by atoms with van der Waals surface area (Å²) in [4.78, 5) is 18.8. The van der Waals surface area contributed by atoms with Gasteiger partial charge in [-0.2, -0.15) is 15.2 Å². The summed E-state index contributed by atoms with van der Waals surface area (Å²) in [6, 6.07) is 9.65. The standard InChI is InChI=1S/C30H28ClF4N7O/c1-40-13-18(30(34,35)16-40)15-43-29-38-27-21(28(39-29)42-11-10-41(2)19(14-42)8-9-36)12-37-26(25(27)33)20-5-3-4-17-6-7-22(32)24(31)23(17)20/h3-7,12,18-19H,8,10-11,13-16H2,1-2H3/t18?,19-/m0/s1. The van der Waals surface area contributed by atoms with E-state index in [1.54, 1.807) is 31.3 Å². The van der Waals surface area contributed by atoms with Crippen LogP contribution in [0.1, 0.15) is 6.42 Å². The average Bonchev–Trinajstić information content (AvgIpc) is 3.25. The number of rotatable bonds is 6. The van der Waals surface area contributed by atoms with Crippen LogP contribution in [0, 0.1) is 28.9 Å². The van der Waals surface area contributed by atoms with Gasteiger partial charge in [0.1, 0.15) is 29.5 Å². The van der Waals surface area contributed by atoms with E-state index in [0.29, 0.717) is 36.2 Å². The molecule has 2 aliphatic heterocycles. The summed E-state index contributed by atoms with van der Waals surface area (Å²) in [5, 5.41) is 10.4. The van der Waals surface area contributed by atoms with Crippen LogP contribution in [0.15, 0.2) is 36.5 Å². The fourth-order valence-corrected chi connectivity index (χ4v) is 6.17. The molecule has 0 saturated carbocycles. The van der Waals surface area contributed by atoms with Crippen molar-refractivity contribution < 1.29 is 22.3 Å². The predicted octanol–water partition coefficient (Wildman–Crippen LogP) is 5.39. The van der Waals surface area contributed by atoms with E-state index in [9.17, 15) is 18.4 Å². The van der Waals surface area contributed by atoms with Crippen molar-refractivity contribution in [2.45, 2.75) is 18.4 Å². The zero-order valence-electron chi connectivity index (χ0n) is 23.5. The quantitative estimate of drug-likeness (QED) is 0.268. The number of likely N-dealkylation sites (N-methyl/N-ethyl adjacent to an activating group) is 1. The van der Waals surface area contributed by atoms with Crippen LogP contribution in [-0.4, -0.2) is 90.1 Å². The number of anilines is 1. The number of benzene rings is 2. The first-order valence-electron chi connectivity index (χ1n) is 13.8. The van der Waals surface area contributed by atoms with Crippen molar-refractivity contribution in [2.24, 2.45) is 5.92 Å². The molecule has 2 atom stereocenters. The summed E-state index contributed by atoms with van der Waals surface area (Å²) in [6.07, 6.45) is 1.72. The molecular formula is C30H28ClF4N7O. The number of hydrogen-bond donors (Lipinski definition) is 0. The Morgan fingerprint density at radius 1 is 1.12 bits per heavy atom. The van der Waals surface area contributed by atoms with Crippen molar-refractivity contribution in [1.82, 2.24) is 24.8 Å². The summed E-state index contributed by atoms with van der Waals surface area (Å²) >= 11 is 6.32. The maximum atomic E-state index is 16.5. The minimum atomic E-state index is -2.96. The SMILES string of the molecule is CN1CC(COc2nc(N3CCN(C)[C@@H](CC#N)C3)c3cnc(-c4cccc5ccc(F)c(Cl)c45)c(F)c3n2)C(F)(F)C1. The Morgan fingerprint density at radius 3 is 2.67 bits per heavy atom. The summed E-state index contributed by atoms with van der Waals surface area (Å²) in [5.74, 6) is -5.19. The molecule has 6 rings (SSSR count). The Bertz CT molecular complexity index is 1750. The van der Waals surface area contributed by atoms with Gasteiger partial charge in [0.25, 0.3) is 5.92 Å². The third-order valence-corrected chi connectivity index (χ3v) is 8.63. The van der Waals surface area contributed by atoms with Crippen molar-refractivity contribution in [3.05, 3.63) is 53.2 Å². The summed E-state index contributed by atoms with van der Waals surface area (Å²) in [5.41, 5.74) is 0.0397. The highest BCUT2D eigenvalue weighted by Gasteiger charge is 2.47. The van der Waals surface area contributed by atoms with E-state index in [2.05, 4.69) is 25.9 Å². The first-order valence-corrected chi connectivity index (χ1v) is 14.2. The number of likely N-dealkylation sites (tertiary alicyclic amines) is 1. The molecule has 4 aromatic rings. The molecule has 0 aliphatic carbocycles. The highest BCUT2D eigenvalue weighted by molar-refractivity contribution is 6.36. The fraction of sp³-hybridized carbons (Fsp3) is 0.400. The molecule has 0 radical (unpaired) electrons. The Balaban J connectivity index is 1.47. The lowest BCUT2D eigenvalue weighted by atomic mass is 10.0. The van der Waals surface area contributed by atoms with Crippen LogP contribution in [0.25, 0.3) is 32.9 Å². The number of fused-ring (bicyclic) bond motifs is 2. The fourth-order valence-electron chi connectivity index (χ4n) is 5.90. The Labute approximate surface area is 250 Å². The lowest BCUT2D eigenvalue weighted by Crippen LogP contribution is -2.51. The van der Waals surface area contributed by atoms with Crippen molar-refractivity contribution in [1.29, 1.82) is 5.26 Å². The lowest BCUT2D eigenvalue weighted by Gasteiger charge is -2.39. The van der Waals surface area contributed by atoms with Gasteiger partial charge < -0.3 is 9.64 Å². The number of halogens is 5. The maximum absolute atomic E-state index is 16.5. The van der Waals surface area contributed by atoms with E-state index >= 15 is 4.39 Å². The summed E-state index contributed by atoms with van der Waals surface area (Å²) in [6.45, 7) is 0.926. The zero-order valence-corrected chi connectivity index (χ0v) is 24.3. The van der Waals surface area contributed by atoms with Crippen LogP contribution in [0.4, 0.5) is 23.4 Å². The Kier molecular flexibility index (Phi) is 7.75. The smallest absolute Gasteiger partial charge is 0.319 e. The Morgan fingerprint density at radius 2 is 1.93 bits per heavy atom. The largest absolute Gasteiger partial charge is 0.463 e. The predicted molar refractivity (Wildman–Crippen MR) is 155 cm³/mol. The van der Waals surface area contributed by atoms with Gasteiger partial charge in [-0.25, -0.2) is 17.6 Å². The molecule has 43 heavy (non-hydrogen) atoms. The molecular weight excluding hydrogens is 586 g/mol. The second kappa shape index (κ2) is 11.4. The number of nitriles is 1. The van der Waals surface area contributed by atoms with Gasteiger partial charge in [0.2, 0.25) is 0 Å². The van der Waals surface area contributed by atoms with E-state index in [0.717, 1.165) is 0 Å². The molecule has 4 heterocycles. The molecule has 8 nitrogen and oxygen atoms in total. The van der Waals surface area contributed by atoms with Crippen molar-refractivity contribution in [2.75, 3.05) is 58.3 Å². The average molecular weight is 614 g/mol. The van der Waals surface area contributed by atoms with E-state index in [4.69, 9.17) is 16.3 Å². The van der Waals surface area contributed by atoms with Crippen LogP contribution in [-0.2, 0) is 0 Å². The topological polar surface area (TPSA) is 81.4 Å². The minimum Gasteiger partial charge on any atom is -0.463 e. The van der Waals surface area contributed by atoms with Crippen LogP contribution in [0.5, 0.6) is 6.01 Å². The van der Waals surface area contributed by atoms with Crippen LogP contribution in [0.3, 0.4) is 0 Å². The first-order chi connectivity index (χ1) is 20.6. The van der Waals surface area contributed by atoms with Crippen LogP contribution >= 0.6 is 11.6 Å². The molecule has 2 aliphatic rings. The number of hydrogen-bond acceptors (Lipinski definition) is 8. The van der Waals surface area contributed by atoms with Crippen molar-refractivity contribution in [3.63, 3.8) is 0 Å². The molecule has 224 valence electrons. The number of pyridine rings is 1. The molecule has 0 amide bonds. The second-order valence-corrected chi connectivity index (χ2v) is 11.6. The van der Waals surface area contributed by atoms with E-state index in [1.807, 2.05) is 11.9 Å². The van der Waals surface area contributed by atoms with Gasteiger partial charge in [0.05, 0.1) is 35.4 Å². The van der Waals surface area contributed by atoms with Gasteiger partial charge in [0.15, 0.2) is 5.82 Å². The van der Waals surface area contributed by atoms with Gasteiger partial charge in [-0.3, -0.25) is 14.8 Å². The van der Waals surface area contributed by atoms with Crippen molar-refractivity contribution >= 4 is 39.1 Å². The zero-order chi connectivity index (χ0) is 30.5. The molecule has 2 saturated heterocycles. The molecule has 0 N–H and O–H groups in total. The number of piperazine rings is 1. The van der Waals surface area contributed by atoms with Crippen molar-refractivity contribution in [3.8, 4) is 23.3 Å². The molecule has 0 bridgehead atoms. The van der Waals surface area contributed by atoms with Gasteiger partial charge in [-0.05, 0) is 25.5 Å². The van der Waals surface area contributed by atoms with E-state index < -0.39 is 23.5 Å². The van der Waals surface area contributed by atoms with Crippen LogP contribution in [0.2, 0.25) is 5.02 Å². The third-order valence-electron chi connectivity index (χ3n) is 8.26. The molecule has 1 unspecified atom stereocenters. The molecule has 2 fully saturated rings. The van der Waals surface area contributed by atoms with E-state index in [-0.39, 0.29) is 65.4 Å². The number of ether oxygens (including phenoxy) is 1. The van der Waals surface area contributed by atoms with Gasteiger partial charge in [-0.1, -0.05) is 35.9 Å². The van der Waals surface area contributed by atoms with E-state index in [1.165, 1.54) is 17.2 Å². The molecule has 2 aromatic carbocycles. The number of nitrogens with zero attached hydrogens (tertiary/aromatic N) is 7. The number of aromatic nitrogens is 3. The maximum Gasteiger partial charge on any atom is 0.319 e. The minimum absolute atomic E-state index is 0.106. The normalized spacial score (nSPS) is 21.0. The van der Waals surface area contributed by atoms with Gasteiger partial charge in [0, 0.05) is 49.4 Å². The number of alkyl halides is 2. The van der Waals surface area contributed by atoms with Gasteiger partial charge >= 0.3 is 6.01 Å². The Hall–Kier alpha value is -3.79. The summed E-state index contributed by atoms with van der Waals surface area (Å²) in [7, 11) is 3.54. The molecule has 2 aromatic heterocycles. The summed E-state index contributed by atoms with van der Waals surface area (Å²) < 4.78 is 65.7. The highest BCUT2D eigenvalue weighted by atomic mass is 35.5. The third kappa shape index (κ3) is 5.41. The van der Waals surface area contributed by atoms with Crippen LogP contribution < -0.4 is 9.64 Å². The van der Waals surface area contributed by atoms with Gasteiger partial charge in [-0.15, -0.1) is 0 Å². The monoisotopic (exact) mass is 613 g/mol. The second-order valence-electron chi connectivity index (χ2n) is 11.2. The first kappa shape index (κ1) is 29.3. The highest BCUT2D eigenvalue weighted by Crippen LogP contribution is 2.39. The lowest BCUT2D eigenvalue weighted by molar-refractivity contribution is -0.0400. The molecule has 13 heteroatoms.